The Morgan fingerprint density at radius 3 is 2.18 bits per heavy atom. The van der Waals surface area contributed by atoms with E-state index in [1.54, 1.807) is 24.3 Å². The maximum atomic E-state index is 11.5. The number of halogens is 1. The van der Waals surface area contributed by atoms with Gasteiger partial charge in [0.15, 0.2) is 11.2 Å². The van der Waals surface area contributed by atoms with Crippen LogP contribution in [-0.2, 0) is 9.59 Å². The third kappa shape index (κ3) is 2.72. The van der Waals surface area contributed by atoms with Crippen LogP contribution >= 0.6 is 23.8 Å². The predicted octanol–water partition coefficient (Wildman–Crippen LogP) is 0.651. The molecule has 0 saturated carbocycles. The summed E-state index contributed by atoms with van der Waals surface area (Å²) in [5.74, 6) is -0.956. The molecule has 0 aromatic heterocycles. The number of carbonyl (C=O) groups is 2. The summed E-state index contributed by atoms with van der Waals surface area (Å²) in [5, 5.41) is 8.11. The second-order valence-corrected chi connectivity index (χ2v) is 4.24. The fourth-order valence-corrected chi connectivity index (χ4v) is 1.69. The lowest BCUT2D eigenvalue weighted by atomic mass is 10.2. The third-order valence-electron chi connectivity index (χ3n) is 2.15. The van der Waals surface area contributed by atoms with Crippen LogP contribution in [0.5, 0.6) is 0 Å². The van der Waals surface area contributed by atoms with Crippen molar-refractivity contribution in [3.05, 3.63) is 29.3 Å². The molecule has 1 heterocycles. The molecule has 1 aromatic rings. The molecule has 2 amide bonds. The maximum Gasteiger partial charge on any atom is 0.258 e. The molecule has 5 nitrogen and oxygen atoms in total. The fraction of sp³-hybridized carbons (Fsp3) is 0.100. The van der Waals surface area contributed by atoms with Crippen LogP contribution in [0.2, 0.25) is 5.02 Å². The van der Waals surface area contributed by atoms with Gasteiger partial charge in [-0.2, -0.15) is 0 Å². The quantitative estimate of drug-likeness (QED) is 0.545. The average Bonchev–Trinajstić information content (AvgIpc) is 2.26. The van der Waals surface area contributed by atoms with Crippen molar-refractivity contribution < 1.29 is 9.59 Å². The Kier molecular flexibility index (Phi) is 3.26. The van der Waals surface area contributed by atoms with Gasteiger partial charge in [-0.05, 0) is 36.5 Å². The van der Waals surface area contributed by atoms with Crippen LogP contribution < -0.4 is 16.0 Å². The molecule has 0 spiro atoms. The number of nitrogens with one attached hydrogen (secondary N) is 3. The predicted molar refractivity (Wildman–Crippen MR) is 67.7 cm³/mol. The standard InChI is InChI=1S/C10H8ClN3O2S/c11-5-1-3-6(4-2-5)12-7-8(15)13-10(17)14-9(7)16/h1-4,7,12H,(H2,13,14,15,16,17). The van der Waals surface area contributed by atoms with E-state index in [0.29, 0.717) is 10.7 Å². The first-order chi connectivity index (χ1) is 8.06. The second-order valence-electron chi connectivity index (χ2n) is 3.39. The first-order valence-corrected chi connectivity index (χ1v) is 5.52. The normalized spacial score (nSPS) is 16.4. The van der Waals surface area contributed by atoms with Crippen molar-refractivity contribution in [2.45, 2.75) is 6.04 Å². The van der Waals surface area contributed by atoms with Gasteiger partial charge in [0.25, 0.3) is 11.8 Å². The number of hydrogen-bond donors (Lipinski definition) is 3. The number of amides is 2. The lowest BCUT2D eigenvalue weighted by Gasteiger charge is -2.23. The van der Waals surface area contributed by atoms with Crippen molar-refractivity contribution in [1.29, 1.82) is 0 Å². The average molecular weight is 270 g/mol. The summed E-state index contributed by atoms with van der Waals surface area (Å²) >= 11 is 10.4. The minimum absolute atomic E-state index is 0.0224. The molecule has 88 valence electrons. The largest absolute Gasteiger partial charge is 0.366 e. The summed E-state index contributed by atoms with van der Waals surface area (Å²) < 4.78 is 0. The Balaban J connectivity index is 2.12. The van der Waals surface area contributed by atoms with Crippen LogP contribution in [0.3, 0.4) is 0 Å². The summed E-state index contributed by atoms with van der Waals surface area (Å²) in [4.78, 5) is 23.1. The van der Waals surface area contributed by atoms with Crippen molar-refractivity contribution in [2.24, 2.45) is 0 Å². The maximum absolute atomic E-state index is 11.5. The van der Waals surface area contributed by atoms with Gasteiger partial charge in [-0.25, -0.2) is 0 Å². The molecule has 17 heavy (non-hydrogen) atoms. The molecule has 1 aliphatic rings. The van der Waals surface area contributed by atoms with E-state index >= 15 is 0 Å². The molecule has 3 N–H and O–H groups in total. The van der Waals surface area contributed by atoms with Crippen LogP contribution in [0, 0.1) is 0 Å². The van der Waals surface area contributed by atoms with Crippen molar-refractivity contribution in [2.75, 3.05) is 5.32 Å². The van der Waals surface area contributed by atoms with Gasteiger partial charge in [-0.3, -0.25) is 9.59 Å². The van der Waals surface area contributed by atoms with Gasteiger partial charge in [0.1, 0.15) is 0 Å². The molecule has 1 saturated heterocycles. The smallest absolute Gasteiger partial charge is 0.258 e. The monoisotopic (exact) mass is 269 g/mol. The van der Waals surface area contributed by atoms with Gasteiger partial charge in [-0.1, -0.05) is 11.6 Å². The van der Waals surface area contributed by atoms with E-state index in [2.05, 4.69) is 28.2 Å². The summed E-state index contributed by atoms with van der Waals surface area (Å²) in [6.45, 7) is 0. The first kappa shape index (κ1) is 11.8. The molecular formula is C10H8ClN3O2S. The lowest BCUT2D eigenvalue weighted by molar-refractivity contribution is -0.130. The fourth-order valence-electron chi connectivity index (χ4n) is 1.36. The molecule has 1 fully saturated rings. The van der Waals surface area contributed by atoms with E-state index in [1.807, 2.05) is 0 Å². The number of anilines is 1. The molecule has 0 radical (unpaired) electrons. The molecule has 1 aromatic carbocycles. The van der Waals surface area contributed by atoms with E-state index in [4.69, 9.17) is 11.6 Å². The van der Waals surface area contributed by atoms with E-state index in [9.17, 15) is 9.59 Å². The molecule has 2 rings (SSSR count). The number of thiocarbonyl (C=S) groups is 1. The van der Waals surface area contributed by atoms with E-state index < -0.39 is 17.9 Å². The van der Waals surface area contributed by atoms with E-state index in [0.717, 1.165) is 0 Å². The zero-order chi connectivity index (χ0) is 12.4. The third-order valence-corrected chi connectivity index (χ3v) is 2.61. The summed E-state index contributed by atoms with van der Waals surface area (Å²) in [6, 6.07) is 5.68. The first-order valence-electron chi connectivity index (χ1n) is 4.74. The number of hydrogen-bond acceptors (Lipinski definition) is 4. The van der Waals surface area contributed by atoms with Crippen molar-refractivity contribution >= 4 is 46.4 Å². The van der Waals surface area contributed by atoms with Gasteiger partial charge in [0.2, 0.25) is 0 Å². The van der Waals surface area contributed by atoms with Crippen LogP contribution in [0.1, 0.15) is 0 Å². The van der Waals surface area contributed by atoms with Crippen LogP contribution in [0.4, 0.5) is 5.69 Å². The van der Waals surface area contributed by atoms with E-state index in [1.165, 1.54) is 0 Å². The minimum Gasteiger partial charge on any atom is -0.366 e. The van der Waals surface area contributed by atoms with E-state index in [-0.39, 0.29) is 5.11 Å². The highest BCUT2D eigenvalue weighted by Gasteiger charge is 2.32. The van der Waals surface area contributed by atoms with Crippen molar-refractivity contribution in [3.8, 4) is 0 Å². The Labute approximate surface area is 108 Å². The number of benzene rings is 1. The lowest BCUT2D eigenvalue weighted by Crippen LogP contribution is -2.61. The highest BCUT2D eigenvalue weighted by atomic mass is 35.5. The highest BCUT2D eigenvalue weighted by Crippen LogP contribution is 2.14. The minimum atomic E-state index is -0.997. The van der Waals surface area contributed by atoms with Crippen LogP contribution in [0.15, 0.2) is 24.3 Å². The number of rotatable bonds is 2. The highest BCUT2D eigenvalue weighted by molar-refractivity contribution is 7.80. The number of carbonyl (C=O) groups excluding carboxylic acids is 2. The van der Waals surface area contributed by atoms with Gasteiger partial charge in [0.05, 0.1) is 0 Å². The van der Waals surface area contributed by atoms with Crippen molar-refractivity contribution in [3.63, 3.8) is 0 Å². The zero-order valence-corrected chi connectivity index (χ0v) is 10.1. The van der Waals surface area contributed by atoms with Crippen molar-refractivity contribution in [1.82, 2.24) is 10.6 Å². The molecule has 0 aliphatic carbocycles. The Morgan fingerprint density at radius 1 is 1.12 bits per heavy atom. The Bertz CT molecular complexity index is 469. The Hall–Kier alpha value is -1.66. The molecule has 0 unspecified atom stereocenters. The zero-order valence-electron chi connectivity index (χ0n) is 8.49. The molecule has 7 heteroatoms. The summed E-state index contributed by atoms with van der Waals surface area (Å²) in [7, 11) is 0. The topological polar surface area (TPSA) is 70.2 Å². The molecular weight excluding hydrogens is 262 g/mol. The van der Waals surface area contributed by atoms with Gasteiger partial charge < -0.3 is 16.0 Å². The van der Waals surface area contributed by atoms with Crippen LogP contribution in [0.25, 0.3) is 0 Å². The SMILES string of the molecule is O=C1NC(=S)NC(=O)C1Nc1ccc(Cl)cc1. The Morgan fingerprint density at radius 2 is 1.65 bits per heavy atom. The molecule has 0 atom stereocenters. The van der Waals surface area contributed by atoms with Gasteiger partial charge in [0, 0.05) is 10.7 Å². The summed E-state index contributed by atoms with van der Waals surface area (Å²) in [5.41, 5.74) is 0.623. The molecule has 0 bridgehead atoms. The molecule has 1 aliphatic heterocycles. The van der Waals surface area contributed by atoms with Gasteiger partial charge in [-0.15, -0.1) is 0 Å². The van der Waals surface area contributed by atoms with Crippen LogP contribution in [-0.4, -0.2) is 23.0 Å². The summed E-state index contributed by atoms with van der Waals surface area (Å²) in [6.07, 6.45) is 0. The second kappa shape index (κ2) is 4.68. The van der Waals surface area contributed by atoms with Gasteiger partial charge >= 0.3 is 0 Å².